The highest BCUT2D eigenvalue weighted by Gasteiger charge is 2.26. The summed E-state index contributed by atoms with van der Waals surface area (Å²) in [5.74, 6) is 0.654. The maximum atomic E-state index is 12.6. The molecule has 1 aromatic rings. The Kier molecular flexibility index (Phi) is 4.86. The number of amides is 1. The second-order valence-corrected chi connectivity index (χ2v) is 6.15. The van der Waals surface area contributed by atoms with Crippen molar-refractivity contribution in [2.75, 3.05) is 18.8 Å². The molecule has 3 nitrogen and oxygen atoms in total. The van der Waals surface area contributed by atoms with Crippen LogP contribution in [0.3, 0.4) is 0 Å². The van der Waals surface area contributed by atoms with Crippen LogP contribution in [0.5, 0.6) is 0 Å². The van der Waals surface area contributed by atoms with Gasteiger partial charge in [-0.15, -0.1) is 11.3 Å². The smallest absolute Gasteiger partial charge is 0.257 e. The van der Waals surface area contributed by atoms with E-state index in [1.165, 1.54) is 49.0 Å². The van der Waals surface area contributed by atoms with Crippen LogP contribution < -0.4 is 5.73 Å². The lowest BCUT2D eigenvalue weighted by Gasteiger charge is -2.24. The number of carbonyl (C=O) groups excluding carboxylic acids is 1. The Morgan fingerprint density at radius 2 is 1.95 bits per heavy atom. The molecule has 4 heteroatoms. The van der Waals surface area contributed by atoms with Gasteiger partial charge in [-0.1, -0.05) is 19.3 Å². The number of hydrogen-bond acceptors (Lipinski definition) is 3. The zero-order valence-electron chi connectivity index (χ0n) is 11.9. The Hall–Kier alpha value is -1.03. The van der Waals surface area contributed by atoms with Crippen LogP contribution in [-0.2, 0) is 0 Å². The fourth-order valence-electron chi connectivity index (χ4n) is 3.00. The average molecular weight is 280 g/mol. The van der Waals surface area contributed by atoms with Crippen LogP contribution in [0.15, 0.2) is 5.38 Å². The molecule has 1 aromatic heterocycles. The Balaban J connectivity index is 2.28. The van der Waals surface area contributed by atoms with Gasteiger partial charge in [-0.05, 0) is 43.6 Å². The Bertz CT molecular complexity index is 431. The molecule has 0 unspecified atom stereocenters. The molecule has 0 aliphatic heterocycles. The molecule has 0 aromatic carbocycles. The fraction of sp³-hybridized carbons (Fsp3) is 0.667. The normalized spacial score (nSPS) is 16.5. The number of carbonyl (C=O) groups is 1. The Morgan fingerprint density at radius 1 is 1.32 bits per heavy atom. The van der Waals surface area contributed by atoms with Crippen molar-refractivity contribution >= 4 is 22.2 Å². The lowest BCUT2D eigenvalue weighted by Crippen LogP contribution is -2.31. The van der Waals surface area contributed by atoms with E-state index in [1.54, 1.807) is 0 Å². The first-order valence-electron chi connectivity index (χ1n) is 7.35. The molecule has 0 radical (unpaired) electrons. The maximum Gasteiger partial charge on any atom is 0.257 e. The Labute approximate surface area is 119 Å². The standard InChI is InChI=1S/C15H24N2OS/c1-3-17(4-2)15(18)13-12(10-19-14(13)16)11-8-6-5-7-9-11/h10-11H,3-9,16H2,1-2H3. The molecule has 0 spiro atoms. The van der Waals surface area contributed by atoms with Crippen molar-refractivity contribution in [3.05, 3.63) is 16.5 Å². The van der Waals surface area contributed by atoms with Crippen LogP contribution in [0.2, 0.25) is 0 Å². The molecule has 1 aliphatic rings. The summed E-state index contributed by atoms with van der Waals surface area (Å²) in [6.45, 7) is 5.53. The van der Waals surface area contributed by atoms with Crippen molar-refractivity contribution in [2.24, 2.45) is 0 Å². The van der Waals surface area contributed by atoms with Gasteiger partial charge in [-0.2, -0.15) is 0 Å². The zero-order valence-corrected chi connectivity index (χ0v) is 12.8. The quantitative estimate of drug-likeness (QED) is 0.910. The van der Waals surface area contributed by atoms with Crippen molar-refractivity contribution in [3.63, 3.8) is 0 Å². The molecule has 1 aliphatic carbocycles. The topological polar surface area (TPSA) is 46.3 Å². The van der Waals surface area contributed by atoms with Crippen molar-refractivity contribution in [2.45, 2.75) is 51.9 Å². The molecule has 1 heterocycles. The first-order valence-corrected chi connectivity index (χ1v) is 8.23. The van der Waals surface area contributed by atoms with Gasteiger partial charge < -0.3 is 10.6 Å². The third kappa shape index (κ3) is 2.94. The number of thiophene rings is 1. The largest absolute Gasteiger partial charge is 0.390 e. The minimum atomic E-state index is 0.115. The molecule has 0 atom stereocenters. The van der Waals surface area contributed by atoms with Gasteiger partial charge in [-0.25, -0.2) is 0 Å². The number of nitrogens with zero attached hydrogens (tertiary/aromatic N) is 1. The summed E-state index contributed by atoms with van der Waals surface area (Å²) in [6, 6.07) is 0. The molecule has 1 amide bonds. The van der Waals surface area contributed by atoms with Crippen molar-refractivity contribution in [3.8, 4) is 0 Å². The van der Waals surface area contributed by atoms with Crippen molar-refractivity contribution < 1.29 is 4.79 Å². The molecular weight excluding hydrogens is 256 g/mol. The van der Waals surface area contributed by atoms with Crippen LogP contribution in [0.25, 0.3) is 0 Å². The van der Waals surface area contributed by atoms with Gasteiger partial charge in [0.25, 0.3) is 5.91 Å². The van der Waals surface area contributed by atoms with Crippen molar-refractivity contribution in [1.82, 2.24) is 4.90 Å². The van der Waals surface area contributed by atoms with Gasteiger partial charge in [-0.3, -0.25) is 4.79 Å². The molecule has 0 bridgehead atoms. The molecule has 19 heavy (non-hydrogen) atoms. The van der Waals surface area contributed by atoms with Gasteiger partial charge in [0.15, 0.2) is 0 Å². The van der Waals surface area contributed by atoms with E-state index in [-0.39, 0.29) is 5.91 Å². The molecule has 1 fully saturated rings. The third-order valence-corrected chi connectivity index (χ3v) is 4.99. The number of rotatable bonds is 4. The lowest BCUT2D eigenvalue weighted by atomic mass is 9.83. The average Bonchev–Trinajstić information content (AvgIpc) is 2.83. The highest BCUT2D eigenvalue weighted by molar-refractivity contribution is 7.14. The highest BCUT2D eigenvalue weighted by atomic mass is 32.1. The zero-order chi connectivity index (χ0) is 13.8. The summed E-state index contributed by atoms with van der Waals surface area (Å²) in [5.41, 5.74) is 8.07. The minimum absolute atomic E-state index is 0.115. The van der Waals surface area contributed by atoms with E-state index >= 15 is 0 Å². The molecule has 1 saturated carbocycles. The summed E-state index contributed by atoms with van der Waals surface area (Å²) in [5, 5.41) is 2.81. The van der Waals surface area contributed by atoms with E-state index in [9.17, 15) is 4.79 Å². The minimum Gasteiger partial charge on any atom is -0.390 e. The Morgan fingerprint density at radius 3 is 2.53 bits per heavy atom. The predicted octanol–water partition coefficient (Wildman–Crippen LogP) is 3.86. The van der Waals surface area contributed by atoms with E-state index in [1.807, 2.05) is 18.7 Å². The van der Waals surface area contributed by atoms with Gasteiger partial charge in [0.1, 0.15) is 0 Å². The van der Waals surface area contributed by atoms with E-state index in [0.717, 1.165) is 18.7 Å². The first-order chi connectivity index (χ1) is 9.19. The lowest BCUT2D eigenvalue weighted by molar-refractivity contribution is 0.0772. The summed E-state index contributed by atoms with van der Waals surface area (Å²) in [7, 11) is 0. The monoisotopic (exact) mass is 280 g/mol. The van der Waals surface area contributed by atoms with Crippen LogP contribution in [0, 0.1) is 0 Å². The van der Waals surface area contributed by atoms with E-state index < -0.39 is 0 Å². The van der Waals surface area contributed by atoms with Gasteiger partial charge in [0, 0.05) is 13.1 Å². The predicted molar refractivity (Wildman–Crippen MR) is 81.8 cm³/mol. The number of hydrogen-bond donors (Lipinski definition) is 1. The maximum absolute atomic E-state index is 12.6. The van der Waals surface area contributed by atoms with E-state index in [2.05, 4.69) is 5.38 Å². The summed E-state index contributed by atoms with van der Waals surface area (Å²) in [4.78, 5) is 14.5. The van der Waals surface area contributed by atoms with Crippen LogP contribution in [-0.4, -0.2) is 23.9 Å². The fourth-order valence-corrected chi connectivity index (χ4v) is 3.89. The van der Waals surface area contributed by atoms with Crippen LogP contribution in [0.4, 0.5) is 5.00 Å². The number of nitrogen functional groups attached to an aromatic ring is 1. The van der Waals surface area contributed by atoms with Crippen molar-refractivity contribution in [1.29, 1.82) is 0 Å². The number of nitrogens with two attached hydrogens (primary N) is 1. The molecule has 0 saturated heterocycles. The first kappa shape index (κ1) is 14.4. The molecule has 2 rings (SSSR count). The van der Waals surface area contributed by atoms with Crippen LogP contribution in [0.1, 0.15) is 67.8 Å². The summed E-state index contributed by atoms with van der Waals surface area (Å²) < 4.78 is 0. The molecular formula is C15H24N2OS. The van der Waals surface area contributed by atoms with Gasteiger partial charge >= 0.3 is 0 Å². The summed E-state index contributed by atoms with van der Waals surface area (Å²) >= 11 is 1.52. The van der Waals surface area contributed by atoms with E-state index in [4.69, 9.17) is 5.73 Å². The van der Waals surface area contributed by atoms with Gasteiger partial charge in [0.2, 0.25) is 0 Å². The van der Waals surface area contributed by atoms with E-state index in [0.29, 0.717) is 10.9 Å². The SMILES string of the molecule is CCN(CC)C(=O)c1c(C2CCCCC2)csc1N. The number of anilines is 1. The summed E-state index contributed by atoms with van der Waals surface area (Å²) in [6.07, 6.45) is 6.29. The third-order valence-electron chi connectivity index (χ3n) is 4.16. The highest BCUT2D eigenvalue weighted by Crippen LogP contribution is 2.39. The molecule has 106 valence electrons. The molecule has 2 N–H and O–H groups in total. The second-order valence-electron chi connectivity index (χ2n) is 5.24. The van der Waals surface area contributed by atoms with Crippen LogP contribution >= 0.6 is 11.3 Å². The second kappa shape index (κ2) is 6.42. The van der Waals surface area contributed by atoms with Gasteiger partial charge in [0.05, 0.1) is 10.6 Å².